The van der Waals surface area contributed by atoms with Crippen molar-refractivity contribution in [1.29, 1.82) is 0 Å². The van der Waals surface area contributed by atoms with Crippen LogP contribution in [-0.4, -0.2) is 34.7 Å². The summed E-state index contributed by atoms with van der Waals surface area (Å²) < 4.78 is 0. The van der Waals surface area contributed by atoms with E-state index in [1.54, 1.807) is 11.3 Å². The summed E-state index contributed by atoms with van der Waals surface area (Å²) in [6, 6.07) is 8.13. The molecule has 3 heterocycles. The molecular weight excluding hydrogens is 332 g/mol. The van der Waals surface area contributed by atoms with Crippen LogP contribution < -0.4 is 10.2 Å². The summed E-state index contributed by atoms with van der Waals surface area (Å²) >= 11 is 1.67. The third kappa shape index (κ3) is 4.37. The number of rotatable bonds is 5. The van der Waals surface area contributed by atoms with Crippen molar-refractivity contribution in [2.24, 2.45) is 5.92 Å². The van der Waals surface area contributed by atoms with Crippen LogP contribution in [0.3, 0.4) is 0 Å². The second kappa shape index (κ2) is 7.52. The van der Waals surface area contributed by atoms with Gasteiger partial charge in [-0.05, 0) is 56.7 Å². The summed E-state index contributed by atoms with van der Waals surface area (Å²) in [4.78, 5) is 15.8. The molecule has 1 aliphatic heterocycles. The van der Waals surface area contributed by atoms with Gasteiger partial charge in [0.2, 0.25) is 5.91 Å². The van der Waals surface area contributed by atoms with Crippen molar-refractivity contribution in [2.75, 3.05) is 18.0 Å². The zero-order valence-corrected chi connectivity index (χ0v) is 16.0. The Kier molecular flexibility index (Phi) is 5.37. The normalized spacial score (nSPS) is 16.0. The predicted octanol–water partition coefficient (Wildman–Crippen LogP) is 3.73. The van der Waals surface area contributed by atoms with Crippen LogP contribution in [0.4, 0.5) is 5.82 Å². The number of hydrogen-bond donors (Lipinski definition) is 1. The summed E-state index contributed by atoms with van der Waals surface area (Å²) in [7, 11) is 0. The molecule has 0 atom stereocenters. The Balaban J connectivity index is 1.56. The summed E-state index contributed by atoms with van der Waals surface area (Å²) in [6.07, 6.45) is 2.66. The molecule has 0 aromatic carbocycles. The number of amides is 1. The van der Waals surface area contributed by atoms with Crippen LogP contribution in [0.25, 0.3) is 10.6 Å². The third-order valence-corrected chi connectivity index (χ3v) is 5.85. The highest BCUT2D eigenvalue weighted by atomic mass is 32.1. The van der Waals surface area contributed by atoms with Crippen LogP contribution in [-0.2, 0) is 4.79 Å². The lowest BCUT2D eigenvalue weighted by atomic mass is 9.93. The van der Waals surface area contributed by atoms with Gasteiger partial charge in [0.05, 0.1) is 4.88 Å². The Labute approximate surface area is 153 Å². The molecule has 1 fully saturated rings. The summed E-state index contributed by atoms with van der Waals surface area (Å²) in [5, 5.41) is 13.9. The minimum atomic E-state index is -0.128. The maximum absolute atomic E-state index is 12.4. The average Bonchev–Trinajstić information content (AvgIpc) is 3.16. The first kappa shape index (κ1) is 17.9. The van der Waals surface area contributed by atoms with Gasteiger partial charge < -0.3 is 10.2 Å². The Morgan fingerprint density at radius 2 is 2.04 bits per heavy atom. The van der Waals surface area contributed by atoms with Crippen LogP contribution >= 0.6 is 11.3 Å². The number of aromatic nitrogens is 2. The van der Waals surface area contributed by atoms with E-state index in [4.69, 9.17) is 0 Å². The molecule has 1 N–H and O–H groups in total. The number of anilines is 1. The highest BCUT2D eigenvalue weighted by Crippen LogP contribution is 2.26. The lowest BCUT2D eigenvalue weighted by Gasteiger charge is -2.34. The standard InChI is InChI=1S/C19H26N4OS/c1-4-19(2,3)20-18(24)14-9-11-23(12-10-14)17-8-7-15(21-22-17)16-6-5-13-25-16/h5-8,13-14H,4,9-12H2,1-3H3,(H,20,24). The monoisotopic (exact) mass is 358 g/mol. The smallest absolute Gasteiger partial charge is 0.223 e. The molecular formula is C19H26N4OS. The van der Waals surface area contributed by atoms with Gasteiger partial charge in [0.15, 0.2) is 5.82 Å². The van der Waals surface area contributed by atoms with Crippen molar-refractivity contribution in [3.63, 3.8) is 0 Å². The van der Waals surface area contributed by atoms with E-state index in [1.807, 2.05) is 23.6 Å². The fraction of sp³-hybridized carbons (Fsp3) is 0.526. The molecule has 1 saturated heterocycles. The molecule has 0 radical (unpaired) electrons. The van der Waals surface area contributed by atoms with Crippen LogP contribution in [0.15, 0.2) is 29.6 Å². The van der Waals surface area contributed by atoms with Crippen molar-refractivity contribution >= 4 is 23.1 Å². The number of hydrogen-bond acceptors (Lipinski definition) is 5. The van der Waals surface area contributed by atoms with Crippen molar-refractivity contribution in [3.8, 4) is 10.6 Å². The van der Waals surface area contributed by atoms with Gasteiger partial charge in [-0.25, -0.2) is 0 Å². The second-order valence-electron chi connectivity index (χ2n) is 7.24. The van der Waals surface area contributed by atoms with Gasteiger partial charge in [0.1, 0.15) is 5.69 Å². The third-order valence-electron chi connectivity index (χ3n) is 4.96. The first-order chi connectivity index (χ1) is 12.0. The molecule has 1 amide bonds. The Hall–Kier alpha value is -1.95. The minimum Gasteiger partial charge on any atom is -0.355 e. The van der Waals surface area contributed by atoms with E-state index in [-0.39, 0.29) is 17.4 Å². The van der Waals surface area contributed by atoms with E-state index in [2.05, 4.69) is 47.3 Å². The molecule has 0 saturated carbocycles. The Morgan fingerprint density at radius 3 is 2.60 bits per heavy atom. The van der Waals surface area contributed by atoms with Crippen LogP contribution in [0.2, 0.25) is 0 Å². The molecule has 2 aromatic rings. The van der Waals surface area contributed by atoms with Gasteiger partial charge in [0.25, 0.3) is 0 Å². The molecule has 6 heteroatoms. The van der Waals surface area contributed by atoms with Gasteiger partial charge in [-0.15, -0.1) is 21.5 Å². The number of nitrogens with zero attached hydrogens (tertiary/aromatic N) is 3. The number of nitrogens with one attached hydrogen (secondary N) is 1. The fourth-order valence-electron chi connectivity index (χ4n) is 2.94. The molecule has 1 aliphatic rings. The molecule has 0 aliphatic carbocycles. The van der Waals surface area contributed by atoms with Crippen LogP contribution in [0.5, 0.6) is 0 Å². The van der Waals surface area contributed by atoms with Crippen LogP contribution in [0, 0.1) is 5.92 Å². The van der Waals surface area contributed by atoms with E-state index in [1.165, 1.54) is 0 Å². The molecule has 25 heavy (non-hydrogen) atoms. The lowest BCUT2D eigenvalue weighted by Crippen LogP contribution is -2.48. The summed E-state index contributed by atoms with van der Waals surface area (Å²) in [5.41, 5.74) is 0.784. The first-order valence-corrected chi connectivity index (χ1v) is 9.81. The minimum absolute atomic E-state index is 0.0976. The SMILES string of the molecule is CCC(C)(C)NC(=O)C1CCN(c2ccc(-c3cccs3)nn2)CC1. The van der Waals surface area contributed by atoms with Crippen molar-refractivity contribution in [2.45, 2.75) is 45.6 Å². The summed E-state index contributed by atoms with van der Waals surface area (Å²) in [6.45, 7) is 7.94. The van der Waals surface area contributed by atoms with Crippen molar-refractivity contribution in [3.05, 3.63) is 29.6 Å². The molecule has 0 unspecified atom stereocenters. The molecule has 0 bridgehead atoms. The number of piperidine rings is 1. The number of thiophene rings is 1. The number of carbonyl (C=O) groups excluding carboxylic acids is 1. The molecule has 5 nitrogen and oxygen atoms in total. The summed E-state index contributed by atoms with van der Waals surface area (Å²) in [5.74, 6) is 1.18. The van der Waals surface area contributed by atoms with E-state index in [0.29, 0.717) is 0 Å². The molecule has 0 spiro atoms. The van der Waals surface area contributed by atoms with Gasteiger partial charge in [-0.3, -0.25) is 4.79 Å². The van der Waals surface area contributed by atoms with Crippen molar-refractivity contribution < 1.29 is 4.79 Å². The first-order valence-electron chi connectivity index (χ1n) is 8.93. The van der Waals surface area contributed by atoms with Gasteiger partial charge >= 0.3 is 0 Å². The maximum atomic E-state index is 12.4. The lowest BCUT2D eigenvalue weighted by molar-refractivity contribution is -0.127. The quantitative estimate of drug-likeness (QED) is 0.885. The predicted molar refractivity (Wildman–Crippen MR) is 103 cm³/mol. The number of carbonyl (C=O) groups is 1. The van der Waals surface area contributed by atoms with E-state index < -0.39 is 0 Å². The zero-order chi connectivity index (χ0) is 17.9. The topological polar surface area (TPSA) is 58.1 Å². The van der Waals surface area contributed by atoms with Gasteiger partial charge in [-0.1, -0.05) is 13.0 Å². The second-order valence-corrected chi connectivity index (χ2v) is 8.19. The van der Waals surface area contributed by atoms with E-state index in [0.717, 1.165) is 48.7 Å². The van der Waals surface area contributed by atoms with Crippen LogP contribution in [0.1, 0.15) is 40.0 Å². The maximum Gasteiger partial charge on any atom is 0.223 e. The van der Waals surface area contributed by atoms with Gasteiger partial charge in [-0.2, -0.15) is 0 Å². The Bertz CT molecular complexity index is 689. The zero-order valence-electron chi connectivity index (χ0n) is 15.2. The molecule has 2 aromatic heterocycles. The average molecular weight is 359 g/mol. The highest BCUT2D eigenvalue weighted by molar-refractivity contribution is 7.13. The largest absolute Gasteiger partial charge is 0.355 e. The fourth-order valence-corrected chi connectivity index (χ4v) is 3.63. The molecule has 134 valence electrons. The van der Waals surface area contributed by atoms with E-state index >= 15 is 0 Å². The Morgan fingerprint density at radius 1 is 1.28 bits per heavy atom. The van der Waals surface area contributed by atoms with Gasteiger partial charge in [0, 0.05) is 24.5 Å². The van der Waals surface area contributed by atoms with Crippen molar-refractivity contribution in [1.82, 2.24) is 15.5 Å². The van der Waals surface area contributed by atoms with E-state index in [9.17, 15) is 4.79 Å². The molecule has 3 rings (SSSR count). The highest BCUT2D eigenvalue weighted by Gasteiger charge is 2.28.